The monoisotopic (exact) mass is 227 g/mol. The van der Waals surface area contributed by atoms with Crippen LogP contribution in [0.4, 0.5) is 11.5 Å². The van der Waals surface area contributed by atoms with Crippen molar-refractivity contribution in [3.63, 3.8) is 0 Å². The van der Waals surface area contributed by atoms with E-state index in [0.717, 1.165) is 16.7 Å². The Kier molecular flexibility index (Phi) is 3.06. The number of hydrogen-bond donors (Lipinski definition) is 1. The quantitative estimate of drug-likeness (QED) is 0.805. The Morgan fingerprint density at radius 1 is 1.41 bits per heavy atom. The summed E-state index contributed by atoms with van der Waals surface area (Å²) in [5, 5.41) is 9.53. The summed E-state index contributed by atoms with van der Waals surface area (Å²) in [6.07, 6.45) is 1.98. The third-order valence-corrected chi connectivity index (χ3v) is 2.56. The lowest BCUT2D eigenvalue weighted by atomic mass is 10.2. The van der Waals surface area contributed by atoms with E-state index in [4.69, 9.17) is 11.0 Å². The second kappa shape index (κ2) is 4.66. The van der Waals surface area contributed by atoms with Crippen molar-refractivity contribution in [3.8, 4) is 6.07 Å². The Morgan fingerprint density at radius 3 is 3.00 bits per heavy atom. The molecule has 2 N–H and O–H groups in total. The van der Waals surface area contributed by atoms with Gasteiger partial charge in [0, 0.05) is 24.7 Å². The van der Waals surface area contributed by atoms with Crippen LogP contribution in [0.2, 0.25) is 0 Å². The van der Waals surface area contributed by atoms with Gasteiger partial charge in [-0.05, 0) is 18.2 Å². The van der Waals surface area contributed by atoms with Gasteiger partial charge in [-0.15, -0.1) is 0 Å². The maximum atomic E-state index is 8.59. The minimum Gasteiger partial charge on any atom is -0.399 e. The lowest BCUT2D eigenvalue weighted by Crippen LogP contribution is -2.19. The molecule has 86 valence electrons. The summed E-state index contributed by atoms with van der Waals surface area (Å²) in [4.78, 5) is 10.4. The van der Waals surface area contributed by atoms with Crippen LogP contribution in [0.15, 0.2) is 24.5 Å². The fourth-order valence-electron chi connectivity index (χ4n) is 1.69. The standard InChI is InChI=1S/C12H13N5/c1-17(6-2-5-13)12-10-4-3-9(14)7-11(10)15-8-16-12/h3-4,7-8H,2,6,14H2,1H3. The number of rotatable bonds is 3. The summed E-state index contributed by atoms with van der Waals surface area (Å²) in [6, 6.07) is 7.67. The predicted octanol–water partition coefficient (Wildman–Crippen LogP) is 1.56. The average Bonchev–Trinajstić information content (AvgIpc) is 2.34. The smallest absolute Gasteiger partial charge is 0.139 e. The molecular formula is C12H13N5. The van der Waals surface area contributed by atoms with Crippen molar-refractivity contribution < 1.29 is 0 Å². The highest BCUT2D eigenvalue weighted by atomic mass is 15.2. The minimum atomic E-state index is 0.469. The van der Waals surface area contributed by atoms with E-state index in [9.17, 15) is 0 Å². The summed E-state index contributed by atoms with van der Waals surface area (Å²) in [5.41, 5.74) is 7.21. The number of benzene rings is 1. The van der Waals surface area contributed by atoms with Crippen molar-refractivity contribution in [2.24, 2.45) is 0 Å². The molecule has 0 unspecified atom stereocenters. The molecule has 0 spiro atoms. The Bertz CT molecular complexity index is 573. The first-order valence-electron chi connectivity index (χ1n) is 5.30. The van der Waals surface area contributed by atoms with Gasteiger partial charge in [0.1, 0.15) is 12.1 Å². The highest BCUT2D eigenvalue weighted by molar-refractivity contribution is 5.91. The average molecular weight is 227 g/mol. The number of hydrogen-bond acceptors (Lipinski definition) is 5. The lowest BCUT2D eigenvalue weighted by molar-refractivity contribution is 0.887. The first kappa shape index (κ1) is 11.1. The van der Waals surface area contributed by atoms with Crippen molar-refractivity contribution in [2.75, 3.05) is 24.2 Å². The van der Waals surface area contributed by atoms with Gasteiger partial charge in [0.05, 0.1) is 18.0 Å². The van der Waals surface area contributed by atoms with E-state index < -0.39 is 0 Å². The van der Waals surface area contributed by atoms with E-state index in [1.807, 2.05) is 30.1 Å². The molecule has 1 heterocycles. The van der Waals surface area contributed by atoms with Gasteiger partial charge >= 0.3 is 0 Å². The van der Waals surface area contributed by atoms with E-state index in [0.29, 0.717) is 18.7 Å². The van der Waals surface area contributed by atoms with E-state index in [-0.39, 0.29) is 0 Å². The van der Waals surface area contributed by atoms with E-state index in [2.05, 4.69) is 16.0 Å². The van der Waals surface area contributed by atoms with Crippen LogP contribution in [-0.2, 0) is 0 Å². The van der Waals surface area contributed by atoms with Gasteiger partial charge in [-0.25, -0.2) is 9.97 Å². The van der Waals surface area contributed by atoms with Gasteiger partial charge in [0.15, 0.2) is 0 Å². The predicted molar refractivity (Wildman–Crippen MR) is 67.5 cm³/mol. The number of nitrogen functional groups attached to an aromatic ring is 1. The van der Waals surface area contributed by atoms with Crippen LogP contribution in [-0.4, -0.2) is 23.6 Å². The van der Waals surface area contributed by atoms with Crippen LogP contribution >= 0.6 is 0 Å². The molecule has 5 nitrogen and oxygen atoms in total. The summed E-state index contributed by atoms with van der Waals surface area (Å²) in [5.74, 6) is 0.824. The number of nitrogens with two attached hydrogens (primary N) is 1. The Hall–Kier alpha value is -2.35. The minimum absolute atomic E-state index is 0.469. The Balaban J connectivity index is 2.44. The summed E-state index contributed by atoms with van der Waals surface area (Å²) in [6.45, 7) is 0.646. The first-order chi connectivity index (χ1) is 8.22. The van der Waals surface area contributed by atoms with Gasteiger partial charge in [0.25, 0.3) is 0 Å². The van der Waals surface area contributed by atoms with Gasteiger partial charge in [-0.3, -0.25) is 0 Å². The third kappa shape index (κ3) is 2.26. The Labute approximate surface area is 99.5 Å². The molecule has 0 radical (unpaired) electrons. The summed E-state index contributed by atoms with van der Waals surface area (Å²) < 4.78 is 0. The maximum Gasteiger partial charge on any atom is 0.139 e. The van der Waals surface area contributed by atoms with E-state index in [1.54, 1.807) is 0 Å². The molecule has 0 aliphatic carbocycles. The molecule has 0 atom stereocenters. The van der Waals surface area contributed by atoms with Crippen LogP contribution in [0.25, 0.3) is 10.9 Å². The molecule has 0 bridgehead atoms. The topological polar surface area (TPSA) is 78.8 Å². The van der Waals surface area contributed by atoms with Crippen LogP contribution in [0.5, 0.6) is 0 Å². The summed E-state index contributed by atoms with van der Waals surface area (Å²) >= 11 is 0. The van der Waals surface area contributed by atoms with Crippen molar-refractivity contribution in [2.45, 2.75) is 6.42 Å². The zero-order valence-electron chi connectivity index (χ0n) is 9.59. The van der Waals surface area contributed by atoms with Crippen LogP contribution < -0.4 is 10.6 Å². The molecule has 0 aliphatic heterocycles. The molecule has 0 aliphatic rings. The number of nitrogens with zero attached hydrogens (tertiary/aromatic N) is 4. The van der Waals surface area contributed by atoms with Crippen LogP contribution in [0, 0.1) is 11.3 Å². The highest BCUT2D eigenvalue weighted by Crippen LogP contribution is 2.23. The fraction of sp³-hybridized carbons (Fsp3) is 0.250. The van der Waals surface area contributed by atoms with Crippen molar-refractivity contribution in [1.82, 2.24) is 9.97 Å². The number of aromatic nitrogens is 2. The lowest BCUT2D eigenvalue weighted by Gasteiger charge is -2.17. The number of nitriles is 1. The molecule has 0 amide bonds. The molecule has 2 aromatic rings. The molecule has 1 aromatic carbocycles. The largest absolute Gasteiger partial charge is 0.399 e. The molecule has 0 fully saturated rings. The molecule has 17 heavy (non-hydrogen) atoms. The van der Waals surface area contributed by atoms with Crippen molar-refractivity contribution >= 4 is 22.4 Å². The van der Waals surface area contributed by atoms with E-state index >= 15 is 0 Å². The molecule has 1 aromatic heterocycles. The zero-order valence-corrected chi connectivity index (χ0v) is 9.59. The zero-order chi connectivity index (χ0) is 12.3. The SMILES string of the molecule is CN(CCC#N)c1ncnc2cc(N)ccc12. The normalized spacial score (nSPS) is 10.1. The molecule has 2 rings (SSSR count). The number of anilines is 2. The van der Waals surface area contributed by atoms with Crippen LogP contribution in [0.1, 0.15) is 6.42 Å². The van der Waals surface area contributed by atoms with Gasteiger partial charge in [-0.1, -0.05) is 0 Å². The highest BCUT2D eigenvalue weighted by Gasteiger charge is 2.08. The van der Waals surface area contributed by atoms with Crippen molar-refractivity contribution in [1.29, 1.82) is 5.26 Å². The van der Waals surface area contributed by atoms with Crippen molar-refractivity contribution in [3.05, 3.63) is 24.5 Å². The molecule has 0 saturated heterocycles. The first-order valence-corrected chi connectivity index (χ1v) is 5.30. The Morgan fingerprint density at radius 2 is 2.24 bits per heavy atom. The van der Waals surface area contributed by atoms with Gasteiger partial charge in [-0.2, -0.15) is 5.26 Å². The molecular weight excluding hydrogens is 214 g/mol. The van der Waals surface area contributed by atoms with Crippen LogP contribution in [0.3, 0.4) is 0 Å². The summed E-state index contributed by atoms with van der Waals surface area (Å²) in [7, 11) is 1.91. The molecule has 0 saturated carbocycles. The van der Waals surface area contributed by atoms with Gasteiger partial charge in [0.2, 0.25) is 0 Å². The second-order valence-electron chi connectivity index (χ2n) is 3.80. The van der Waals surface area contributed by atoms with Gasteiger partial charge < -0.3 is 10.6 Å². The maximum absolute atomic E-state index is 8.59. The fourth-order valence-corrected chi connectivity index (χ4v) is 1.69. The second-order valence-corrected chi connectivity index (χ2v) is 3.80. The third-order valence-electron chi connectivity index (χ3n) is 2.56. The van der Waals surface area contributed by atoms with E-state index in [1.165, 1.54) is 6.33 Å². The number of fused-ring (bicyclic) bond motifs is 1. The molecule has 5 heteroatoms.